The van der Waals surface area contributed by atoms with Gasteiger partial charge in [0.2, 0.25) is 5.78 Å². The maximum atomic E-state index is 12.9. The molecular formula is C20H23N5O4. The number of aromatic nitrogens is 5. The summed E-state index contributed by atoms with van der Waals surface area (Å²) in [5.74, 6) is 1.18. The Balaban J connectivity index is 2.07. The van der Waals surface area contributed by atoms with Crippen molar-refractivity contribution in [2.75, 3.05) is 13.2 Å². The molecule has 0 unspecified atom stereocenters. The molecule has 0 aliphatic heterocycles. The van der Waals surface area contributed by atoms with Crippen LogP contribution in [0.3, 0.4) is 0 Å². The van der Waals surface area contributed by atoms with Crippen molar-refractivity contribution < 1.29 is 9.84 Å². The molecule has 0 fully saturated rings. The standard InChI is InChI=1S/C20H23N5O4/c1-12-13(2)25-16-17(22(3)20(28)23(4)18(16)27)21-19(25)24(12)14-8-5-6-9-15(14)29-11-7-10-26/h5-6,8-9,26H,7,10-11H2,1-4H3. The lowest BCUT2D eigenvalue weighted by molar-refractivity contribution is 0.233. The average Bonchev–Trinajstić information content (AvgIpc) is 3.21. The third kappa shape index (κ3) is 2.69. The van der Waals surface area contributed by atoms with Gasteiger partial charge in [0.15, 0.2) is 11.2 Å². The summed E-state index contributed by atoms with van der Waals surface area (Å²) in [5.41, 5.74) is 2.43. The van der Waals surface area contributed by atoms with E-state index in [9.17, 15) is 9.59 Å². The fraction of sp³-hybridized carbons (Fsp3) is 0.350. The molecule has 29 heavy (non-hydrogen) atoms. The summed E-state index contributed by atoms with van der Waals surface area (Å²) in [4.78, 5) is 29.9. The molecule has 1 N–H and O–H groups in total. The van der Waals surface area contributed by atoms with Crippen LogP contribution in [-0.2, 0) is 14.1 Å². The van der Waals surface area contributed by atoms with Crippen molar-refractivity contribution in [3.63, 3.8) is 0 Å². The van der Waals surface area contributed by atoms with Gasteiger partial charge in [-0.3, -0.25) is 22.9 Å². The van der Waals surface area contributed by atoms with Gasteiger partial charge in [0.1, 0.15) is 5.75 Å². The topological polar surface area (TPSA) is 95.7 Å². The molecule has 0 aliphatic carbocycles. The number of nitrogens with zero attached hydrogens (tertiary/aromatic N) is 5. The molecule has 4 rings (SSSR count). The Labute approximate surface area is 166 Å². The fourth-order valence-corrected chi connectivity index (χ4v) is 3.62. The molecule has 0 spiro atoms. The third-order valence-electron chi connectivity index (χ3n) is 5.30. The minimum absolute atomic E-state index is 0.0526. The number of fused-ring (bicyclic) bond motifs is 3. The number of aliphatic hydroxyl groups is 1. The van der Waals surface area contributed by atoms with Gasteiger partial charge in [0.25, 0.3) is 5.56 Å². The summed E-state index contributed by atoms with van der Waals surface area (Å²) in [6, 6.07) is 7.55. The first-order chi connectivity index (χ1) is 13.9. The lowest BCUT2D eigenvalue weighted by Gasteiger charge is -2.13. The van der Waals surface area contributed by atoms with Gasteiger partial charge in [-0.05, 0) is 26.0 Å². The summed E-state index contributed by atoms with van der Waals surface area (Å²) in [6.07, 6.45) is 0.527. The average molecular weight is 397 g/mol. The number of ether oxygens (including phenoxy) is 1. The smallest absolute Gasteiger partial charge is 0.332 e. The SMILES string of the molecule is Cc1c(C)n2c3c(=O)n(C)c(=O)n(C)c3nc2n1-c1ccccc1OCCCO. The fourth-order valence-electron chi connectivity index (χ4n) is 3.62. The number of aliphatic hydroxyl groups excluding tert-OH is 1. The van der Waals surface area contributed by atoms with Crippen LogP contribution >= 0.6 is 0 Å². The second kappa shape index (κ2) is 6.93. The minimum atomic E-state index is -0.420. The van der Waals surface area contributed by atoms with Gasteiger partial charge < -0.3 is 9.84 Å². The Hall–Kier alpha value is -3.33. The molecule has 3 aromatic heterocycles. The van der Waals surface area contributed by atoms with Gasteiger partial charge in [0.05, 0.1) is 12.3 Å². The minimum Gasteiger partial charge on any atom is -0.491 e. The summed E-state index contributed by atoms with van der Waals surface area (Å²) >= 11 is 0. The quantitative estimate of drug-likeness (QED) is 0.508. The van der Waals surface area contributed by atoms with E-state index in [2.05, 4.69) is 4.98 Å². The maximum Gasteiger partial charge on any atom is 0.332 e. The van der Waals surface area contributed by atoms with Crippen molar-refractivity contribution in [1.82, 2.24) is 23.1 Å². The van der Waals surface area contributed by atoms with Crippen LogP contribution in [0.2, 0.25) is 0 Å². The number of rotatable bonds is 5. The zero-order valence-corrected chi connectivity index (χ0v) is 16.8. The Morgan fingerprint density at radius 3 is 2.52 bits per heavy atom. The summed E-state index contributed by atoms with van der Waals surface area (Å²) in [5, 5.41) is 9.04. The van der Waals surface area contributed by atoms with E-state index in [4.69, 9.17) is 9.84 Å². The lowest BCUT2D eigenvalue weighted by Crippen LogP contribution is -2.37. The number of benzene rings is 1. The third-order valence-corrected chi connectivity index (χ3v) is 5.30. The van der Waals surface area contributed by atoms with Gasteiger partial charge in [-0.1, -0.05) is 12.1 Å². The van der Waals surface area contributed by atoms with Crippen LogP contribution < -0.4 is 16.0 Å². The zero-order valence-electron chi connectivity index (χ0n) is 16.8. The van der Waals surface area contributed by atoms with E-state index in [-0.39, 0.29) is 12.2 Å². The number of para-hydroxylation sites is 2. The molecule has 0 saturated heterocycles. The molecule has 0 bridgehead atoms. The van der Waals surface area contributed by atoms with Gasteiger partial charge in [0, 0.05) is 38.5 Å². The Kier molecular flexibility index (Phi) is 4.54. The van der Waals surface area contributed by atoms with Gasteiger partial charge >= 0.3 is 5.69 Å². The number of aryl methyl sites for hydroxylation is 2. The molecule has 9 heteroatoms. The lowest BCUT2D eigenvalue weighted by atomic mass is 10.2. The Morgan fingerprint density at radius 2 is 1.79 bits per heavy atom. The van der Waals surface area contributed by atoms with E-state index < -0.39 is 5.69 Å². The van der Waals surface area contributed by atoms with Crippen molar-refractivity contribution in [3.8, 4) is 11.4 Å². The number of hydrogen-bond donors (Lipinski definition) is 1. The molecule has 0 aliphatic rings. The number of hydrogen-bond acceptors (Lipinski definition) is 5. The predicted molar refractivity (Wildman–Crippen MR) is 109 cm³/mol. The van der Waals surface area contributed by atoms with Crippen LogP contribution in [0.4, 0.5) is 0 Å². The second-order valence-corrected chi connectivity index (χ2v) is 7.02. The van der Waals surface area contributed by atoms with Gasteiger partial charge in [-0.2, -0.15) is 4.98 Å². The van der Waals surface area contributed by atoms with E-state index in [0.29, 0.717) is 35.7 Å². The van der Waals surface area contributed by atoms with Crippen molar-refractivity contribution in [2.24, 2.45) is 14.1 Å². The molecule has 0 saturated carbocycles. The van der Waals surface area contributed by atoms with Crippen molar-refractivity contribution in [1.29, 1.82) is 0 Å². The molecule has 152 valence electrons. The molecule has 0 amide bonds. The van der Waals surface area contributed by atoms with E-state index >= 15 is 0 Å². The first-order valence-corrected chi connectivity index (χ1v) is 9.37. The largest absolute Gasteiger partial charge is 0.491 e. The van der Waals surface area contributed by atoms with Crippen molar-refractivity contribution in [3.05, 3.63) is 56.5 Å². The maximum absolute atomic E-state index is 12.9. The molecule has 1 aromatic carbocycles. The molecule has 3 heterocycles. The first kappa shape index (κ1) is 19.0. The highest BCUT2D eigenvalue weighted by molar-refractivity contribution is 5.77. The van der Waals surface area contributed by atoms with Crippen molar-refractivity contribution in [2.45, 2.75) is 20.3 Å². The molecule has 0 atom stereocenters. The highest BCUT2D eigenvalue weighted by Gasteiger charge is 2.23. The van der Waals surface area contributed by atoms with Crippen LogP contribution in [0.5, 0.6) is 5.75 Å². The van der Waals surface area contributed by atoms with Gasteiger partial charge in [-0.15, -0.1) is 0 Å². The normalized spacial score (nSPS) is 11.6. The zero-order chi connectivity index (χ0) is 20.9. The Bertz CT molecular complexity index is 1360. The first-order valence-electron chi connectivity index (χ1n) is 9.37. The van der Waals surface area contributed by atoms with E-state index in [1.807, 2.05) is 42.7 Å². The summed E-state index contributed by atoms with van der Waals surface area (Å²) in [6.45, 7) is 4.30. The van der Waals surface area contributed by atoms with Crippen LogP contribution in [0.25, 0.3) is 22.6 Å². The molecule has 0 radical (unpaired) electrons. The van der Waals surface area contributed by atoms with Crippen LogP contribution in [-0.4, -0.2) is 41.4 Å². The van der Waals surface area contributed by atoms with Crippen LogP contribution in [0, 0.1) is 13.8 Å². The monoisotopic (exact) mass is 397 g/mol. The van der Waals surface area contributed by atoms with E-state index in [1.165, 1.54) is 11.6 Å². The van der Waals surface area contributed by atoms with E-state index in [0.717, 1.165) is 21.6 Å². The summed E-state index contributed by atoms with van der Waals surface area (Å²) in [7, 11) is 3.07. The van der Waals surface area contributed by atoms with Crippen LogP contribution in [0.15, 0.2) is 33.9 Å². The van der Waals surface area contributed by atoms with Gasteiger partial charge in [-0.25, -0.2) is 4.79 Å². The van der Waals surface area contributed by atoms with Crippen LogP contribution in [0.1, 0.15) is 17.8 Å². The molecule has 4 aromatic rings. The Morgan fingerprint density at radius 1 is 1.07 bits per heavy atom. The molecule has 9 nitrogen and oxygen atoms in total. The second-order valence-electron chi connectivity index (χ2n) is 7.02. The predicted octanol–water partition coefficient (Wildman–Crippen LogP) is 1.05. The summed E-state index contributed by atoms with van der Waals surface area (Å²) < 4.78 is 12.1. The molecular weight excluding hydrogens is 374 g/mol. The van der Waals surface area contributed by atoms with Crippen molar-refractivity contribution >= 4 is 16.9 Å². The number of imidazole rings is 2. The van der Waals surface area contributed by atoms with E-state index in [1.54, 1.807) is 11.4 Å². The highest BCUT2D eigenvalue weighted by Crippen LogP contribution is 2.30. The highest BCUT2D eigenvalue weighted by atomic mass is 16.5.